The van der Waals surface area contributed by atoms with Gasteiger partial charge in [0.15, 0.2) is 6.35 Å². The predicted octanol–water partition coefficient (Wildman–Crippen LogP) is 0.140. The third kappa shape index (κ3) is 3.05. The summed E-state index contributed by atoms with van der Waals surface area (Å²) >= 11 is 0. The van der Waals surface area contributed by atoms with Crippen LogP contribution in [0.2, 0.25) is 0 Å². The highest BCUT2D eigenvalue weighted by Gasteiger charge is 2.32. The van der Waals surface area contributed by atoms with Crippen molar-refractivity contribution < 1.29 is 9.94 Å². The minimum absolute atomic E-state index is 0.376. The summed E-state index contributed by atoms with van der Waals surface area (Å²) in [5, 5.41) is 9.95. The number of aliphatic hydroxyl groups is 1. The van der Waals surface area contributed by atoms with Gasteiger partial charge in [-0.15, -0.1) is 0 Å². The van der Waals surface area contributed by atoms with E-state index in [1.54, 1.807) is 0 Å². The average Bonchev–Trinajstić information content (AvgIpc) is 2.79. The van der Waals surface area contributed by atoms with Crippen molar-refractivity contribution in [2.24, 2.45) is 0 Å². The third-order valence-electron chi connectivity index (χ3n) is 3.71. The highest BCUT2D eigenvalue weighted by molar-refractivity contribution is 5.16. The molecule has 0 aromatic heterocycles. The predicted molar refractivity (Wildman–Crippen MR) is 66.1 cm³/mol. The average molecular weight is 241 g/mol. The number of likely N-dealkylation sites (tertiary alicyclic amines) is 1. The Bertz CT molecular complexity index is 283. The highest BCUT2D eigenvalue weighted by Crippen LogP contribution is 2.28. The van der Waals surface area contributed by atoms with E-state index in [-0.39, 0.29) is 0 Å². The number of hydrogen-bond acceptors (Lipinski definition) is 5. The second-order valence-corrected chi connectivity index (χ2v) is 4.88. The van der Waals surface area contributed by atoms with Gasteiger partial charge in [0, 0.05) is 25.7 Å². The van der Waals surface area contributed by atoms with Gasteiger partial charge in [0.25, 0.3) is 0 Å². The Hall–Kier alpha value is -0.460. The molecule has 0 aromatic carbocycles. The number of nitrogens with zero attached hydrogens (tertiary/aromatic N) is 2. The first kappa shape index (κ1) is 13.0. The molecule has 2 aliphatic rings. The summed E-state index contributed by atoms with van der Waals surface area (Å²) < 4.78 is 0. The highest BCUT2D eigenvalue weighted by atomic mass is 16.7. The van der Waals surface area contributed by atoms with E-state index in [2.05, 4.69) is 28.4 Å². The van der Waals surface area contributed by atoms with Gasteiger partial charge in [-0.1, -0.05) is 11.6 Å². The molecule has 1 unspecified atom stereocenters. The Morgan fingerprint density at radius 3 is 3.00 bits per heavy atom. The van der Waals surface area contributed by atoms with Crippen molar-refractivity contribution in [2.45, 2.75) is 31.7 Å². The zero-order valence-electron chi connectivity index (χ0n) is 10.7. The molecule has 1 fully saturated rings. The number of hydroxylamine groups is 1. The summed E-state index contributed by atoms with van der Waals surface area (Å²) in [4.78, 5) is 9.20. The van der Waals surface area contributed by atoms with E-state index >= 15 is 0 Å². The van der Waals surface area contributed by atoms with Crippen LogP contribution in [-0.2, 0) is 4.84 Å². The Morgan fingerprint density at radius 2 is 2.35 bits per heavy atom. The van der Waals surface area contributed by atoms with E-state index < -0.39 is 6.35 Å². The normalized spacial score (nSPS) is 29.4. The molecule has 0 bridgehead atoms. The molecule has 5 heteroatoms. The fourth-order valence-corrected chi connectivity index (χ4v) is 2.74. The second-order valence-electron chi connectivity index (χ2n) is 4.88. The maximum absolute atomic E-state index is 9.95. The lowest BCUT2D eigenvalue weighted by Crippen LogP contribution is -2.48. The van der Waals surface area contributed by atoms with Crippen molar-refractivity contribution in [3.05, 3.63) is 11.6 Å². The van der Waals surface area contributed by atoms with Gasteiger partial charge in [0.1, 0.15) is 0 Å². The summed E-state index contributed by atoms with van der Waals surface area (Å²) in [5.74, 6) is 0. The molecular weight excluding hydrogens is 218 g/mol. The molecule has 0 radical (unpaired) electrons. The summed E-state index contributed by atoms with van der Waals surface area (Å²) in [5.41, 5.74) is 4.08. The van der Waals surface area contributed by atoms with E-state index in [0.717, 1.165) is 38.9 Å². The molecule has 0 spiro atoms. The SMILES string of the molecule is CONC(O)N1CCC[C@H]1C1=CCN(C)CC1. The van der Waals surface area contributed by atoms with Crippen molar-refractivity contribution in [2.75, 3.05) is 33.8 Å². The molecule has 98 valence electrons. The van der Waals surface area contributed by atoms with E-state index in [0.29, 0.717) is 6.04 Å². The molecule has 2 atom stereocenters. The van der Waals surface area contributed by atoms with Crippen molar-refractivity contribution in [1.29, 1.82) is 0 Å². The molecule has 17 heavy (non-hydrogen) atoms. The first-order chi connectivity index (χ1) is 8.22. The van der Waals surface area contributed by atoms with Crippen molar-refractivity contribution in [3.8, 4) is 0 Å². The lowest BCUT2D eigenvalue weighted by Gasteiger charge is -2.33. The quantitative estimate of drug-likeness (QED) is 0.416. The number of nitrogens with one attached hydrogen (secondary N) is 1. The summed E-state index contributed by atoms with van der Waals surface area (Å²) in [7, 11) is 3.67. The lowest BCUT2D eigenvalue weighted by molar-refractivity contribution is -0.116. The number of likely N-dealkylation sites (N-methyl/N-ethyl adjacent to an activating group) is 1. The van der Waals surface area contributed by atoms with Crippen molar-refractivity contribution in [3.63, 3.8) is 0 Å². The molecule has 0 saturated carbocycles. The maximum Gasteiger partial charge on any atom is 0.185 e. The van der Waals surface area contributed by atoms with Crippen LogP contribution in [0.5, 0.6) is 0 Å². The monoisotopic (exact) mass is 241 g/mol. The minimum atomic E-state index is -0.701. The second kappa shape index (κ2) is 5.93. The molecule has 0 aliphatic carbocycles. The van der Waals surface area contributed by atoms with Crippen LogP contribution in [0.4, 0.5) is 0 Å². The van der Waals surface area contributed by atoms with Gasteiger partial charge in [0.05, 0.1) is 7.11 Å². The van der Waals surface area contributed by atoms with Crippen LogP contribution < -0.4 is 5.48 Å². The smallest absolute Gasteiger partial charge is 0.185 e. The van der Waals surface area contributed by atoms with Crippen LogP contribution >= 0.6 is 0 Å². The summed E-state index contributed by atoms with van der Waals surface area (Å²) in [6, 6.07) is 0.376. The van der Waals surface area contributed by atoms with Crippen LogP contribution in [0, 0.1) is 0 Å². The van der Waals surface area contributed by atoms with Crippen molar-refractivity contribution >= 4 is 0 Å². The van der Waals surface area contributed by atoms with E-state index in [1.165, 1.54) is 12.7 Å². The van der Waals surface area contributed by atoms with Gasteiger partial charge in [0.2, 0.25) is 0 Å². The van der Waals surface area contributed by atoms with E-state index in [1.807, 2.05) is 0 Å². The molecule has 5 nitrogen and oxygen atoms in total. The van der Waals surface area contributed by atoms with Crippen LogP contribution in [0.15, 0.2) is 11.6 Å². The summed E-state index contributed by atoms with van der Waals surface area (Å²) in [6.45, 7) is 3.06. The third-order valence-corrected chi connectivity index (χ3v) is 3.71. The topological polar surface area (TPSA) is 48.0 Å². The molecule has 1 saturated heterocycles. The van der Waals surface area contributed by atoms with E-state index in [4.69, 9.17) is 4.84 Å². The fourth-order valence-electron chi connectivity index (χ4n) is 2.74. The number of rotatable bonds is 4. The van der Waals surface area contributed by atoms with Crippen LogP contribution in [-0.4, -0.2) is 61.1 Å². The fraction of sp³-hybridized carbons (Fsp3) is 0.833. The minimum Gasteiger partial charge on any atom is -0.364 e. The Morgan fingerprint density at radius 1 is 1.53 bits per heavy atom. The van der Waals surface area contributed by atoms with Crippen molar-refractivity contribution in [1.82, 2.24) is 15.3 Å². The first-order valence-corrected chi connectivity index (χ1v) is 6.32. The standard InChI is InChI=1S/C12H23N3O2/c1-14-8-5-10(6-9-14)11-4-3-7-15(11)12(16)13-17-2/h5,11-13,16H,3-4,6-9H2,1-2H3/t11-,12?/m0/s1. The van der Waals surface area contributed by atoms with Crippen LogP contribution in [0.3, 0.4) is 0 Å². The van der Waals surface area contributed by atoms with Gasteiger partial charge in [-0.05, 0) is 26.3 Å². The molecular formula is C12H23N3O2. The van der Waals surface area contributed by atoms with Gasteiger partial charge in [-0.3, -0.25) is 4.90 Å². The molecule has 2 aliphatic heterocycles. The van der Waals surface area contributed by atoms with Gasteiger partial charge < -0.3 is 14.8 Å². The molecule has 0 amide bonds. The van der Waals surface area contributed by atoms with E-state index in [9.17, 15) is 5.11 Å². The molecule has 2 rings (SSSR count). The molecule has 2 N–H and O–H groups in total. The van der Waals surface area contributed by atoms with Gasteiger partial charge in [-0.2, -0.15) is 5.48 Å². The zero-order chi connectivity index (χ0) is 12.3. The summed E-state index contributed by atoms with van der Waals surface area (Å²) in [6.07, 6.45) is 5.00. The molecule has 2 heterocycles. The molecule has 0 aromatic rings. The van der Waals surface area contributed by atoms with Gasteiger partial charge >= 0.3 is 0 Å². The van der Waals surface area contributed by atoms with Crippen LogP contribution in [0.1, 0.15) is 19.3 Å². The van der Waals surface area contributed by atoms with Gasteiger partial charge in [-0.25, -0.2) is 0 Å². The Balaban J connectivity index is 1.99. The Kier molecular flexibility index (Phi) is 4.53. The first-order valence-electron chi connectivity index (χ1n) is 6.32. The Labute approximate surface area is 103 Å². The number of aliphatic hydroxyl groups excluding tert-OH is 1. The lowest BCUT2D eigenvalue weighted by atomic mass is 9.98. The zero-order valence-corrected chi connectivity index (χ0v) is 10.7. The number of hydrogen-bond donors (Lipinski definition) is 2. The maximum atomic E-state index is 9.95. The largest absolute Gasteiger partial charge is 0.364 e. The van der Waals surface area contributed by atoms with Crippen LogP contribution in [0.25, 0.3) is 0 Å².